The van der Waals surface area contributed by atoms with Crippen LogP contribution in [-0.2, 0) is 18.6 Å². The van der Waals surface area contributed by atoms with Crippen molar-refractivity contribution < 1.29 is 23.4 Å². The molecule has 0 bridgehead atoms. The van der Waals surface area contributed by atoms with Gasteiger partial charge in [0.15, 0.2) is 0 Å². The smallest absolute Gasteiger partial charge is 0.323 e. The summed E-state index contributed by atoms with van der Waals surface area (Å²) in [5.74, 6) is 0.992. The molecular weight excluding hydrogens is 377 g/mol. The number of carbonyl (C=O) groups is 1. The maximum absolute atomic E-state index is 13.8. The van der Waals surface area contributed by atoms with Crippen LogP contribution in [0.5, 0.6) is 11.5 Å². The number of hydrogen-bond donors (Lipinski definition) is 0. The summed E-state index contributed by atoms with van der Waals surface area (Å²) in [5.41, 5.74) is 0. The molecule has 1 aliphatic heterocycles. The number of ether oxygens (including phenoxy) is 2. The van der Waals surface area contributed by atoms with Crippen molar-refractivity contribution in [2.24, 2.45) is 0 Å². The van der Waals surface area contributed by atoms with E-state index in [4.69, 9.17) is 14.0 Å². The third-order valence-corrected chi connectivity index (χ3v) is 7.31. The number of hydrogen-bond acceptors (Lipinski definition) is 5. The van der Waals surface area contributed by atoms with Crippen molar-refractivity contribution in [1.82, 2.24) is 4.67 Å². The summed E-state index contributed by atoms with van der Waals surface area (Å²) < 4.78 is 32.1. The Balaban J connectivity index is 1.86. The molecule has 1 saturated heterocycles. The second kappa shape index (κ2) is 9.37. The molecule has 0 amide bonds. The lowest BCUT2D eigenvalue weighted by molar-refractivity contribution is -0.145. The van der Waals surface area contributed by atoms with Crippen molar-refractivity contribution in [3.05, 3.63) is 54.6 Å². The van der Waals surface area contributed by atoms with Crippen LogP contribution >= 0.6 is 7.52 Å². The fraction of sp³-hybridized carbons (Fsp3) is 0.381. The maximum atomic E-state index is 13.8. The van der Waals surface area contributed by atoms with E-state index in [0.717, 1.165) is 18.6 Å². The number of nitrogens with zero attached hydrogens (tertiary/aromatic N) is 1. The van der Waals surface area contributed by atoms with Gasteiger partial charge >= 0.3 is 13.5 Å². The third-order valence-electron chi connectivity index (χ3n) is 4.67. The number of benzene rings is 2. The van der Waals surface area contributed by atoms with Gasteiger partial charge in [-0.15, -0.1) is 0 Å². The first-order chi connectivity index (χ1) is 13.6. The topological polar surface area (TPSA) is 65.1 Å². The van der Waals surface area contributed by atoms with E-state index < -0.39 is 13.6 Å². The molecule has 6 nitrogen and oxygen atoms in total. The Labute approximate surface area is 165 Å². The number of esters is 1. The molecule has 0 saturated carbocycles. The van der Waals surface area contributed by atoms with Crippen LogP contribution in [0, 0.1) is 0 Å². The fourth-order valence-corrected chi connectivity index (χ4v) is 5.79. The quantitative estimate of drug-likeness (QED) is 0.506. The van der Waals surface area contributed by atoms with Crippen LogP contribution in [0.2, 0.25) is 0 Å². The van der Waals surface area contributed by atoms with Crippen molar-refractivity contribution in [2.75, 3.05) is 20.3 Å². The molecule has 0 radical (unpaired) electrons. The van der Waals surface area contributed by atoms with Crippen LogP contribution in [0.25, 0.3) is 0 Å². The molecule has 0 aliphatic carbocycles. The molecule has 0 spiro atoms. The van der Waals surface area contributed by atoms with Crippen LogP contribution in [0.4, 0.5) is 0 Å². The maximum Gasteiger partial charge on any atom is 0.323 e. The Morgan fingerprint density at radius 1 is 1.14 bits per heavy atom. The minimum atomic E-state index is -3.35. The first kappa shape index (κ1) is 20.6. The summed E-state index contributed by atoms with van der Waals surface area (Å²) in [4.78, 5) is 12.3. The summed E-state index contributed by atoms with van der Waals surface area (Å²) in [7, 11) is -2.00. The van der Waals surface area contributed by atoms with E-state index in [9.17, 15) is 9.36 Å². The molecule has 28 heavy (non-hydrogen) atoms. The van der Waals surface area contributed by atoms with Gasteiger partial charge < -0.3 is 14.0 Å². The van der Waals surface area contributed by atoms with Gasteiger partial charge in [-0.05, 0) is 49.2 Å². The molecule has 0 aromatic heterocycles. The van der Waals surface area contributed by atoms with Gasteiger partial charge in [0.05, 0.1) is 19.0 Å². The van der Waals surface area contributed by atoms with E-state index in [-0.39, 0.29) is 5.97 Å². The lowest BCUT2D eigenvalue weighted by atomic mass is 10.1. The average Bonchev–Trinajstić information content (AvgIpc) is 2.73. The lowest BCUT2D eigenvalue weighted by Crippen LogP contribution is -2.45. The van der Waals surface area contributed by atoms with Crippen molar-refractivity contribution >= 4 is 18.8 Å². The SMILES string of the molecule is CCC[C@H](C(=O)OC)N1CCCOP1(=O)c1ccc(Oc2ccccc2)cc1. The average molecular weight is 403 g/mol. The normalized spacial score (nSPS) is 21.1. The van der Waals surface area contributed by atoms with Crippen LogP contribution < -0.4 is 10.0 Å². The summed E-state index contributed by atoms with van der Waals surface area (Å²) >= 11 is 0. The van der Waals surface area contributed by atoms with Crippen molar-refractivity contribution in [3.8, 4) is 11.5 Å². The molecule has 2 aromatic rings. The highest BCUT2D eigenvalue weighted by Gasteiger charge is 2.43. The van der Waals surface area contributed by atoms with Crippen LogP contribution in [-0.4, -0.2) is 36.9 Å². The van der Waals surface area contributed by atoms with Crippen molar-refractivity contribution in [1.29, 1.82) is 0 Å². The minimum Gasteiger partial charge on any atom is -0.468 e. The second-order valence-corrected chi connectivity index (χ2v) is 8.94. The first-order valence-corrected chi connectivity index (χ1v) is 11.1. The molecule has 7 heteroatoms. The summed E-state index contributed by atoms with van der Waals surface area (Å²) in [5, 5.41) is 0.553. The van der Waals surface area contributed by atoms with Crippen LogP contribution in [0.15, 0.2) is 54.6 Å². The highest BCUT2D eigenvalue weighted by Crippen LogP contribution is 2.54. The number of methoxy groups -OCH3 is 1. The Morgan fingerprint density at radius 3 is 2.46 bits per heavy atom. The Morgan fingerprint density at radius 2 is 1.82 bits per heavy atom. The minimum absolute atomic E-state index is 0.378. The van der Waals surface area contributed by atoms with E-state index >= 15 is 0 Å². The van der Waals surface area contributed by atoms with Gasteiger partial charge in [0.25, 0.3) is 0 Å². The molecule has 2 atom stereocenters. The van der Waals surface area contributed by atoms with E-state index in [1.165, 1.54) is 7.11 Å². The molecule has 1 heterocycles. The van der Waals surface area contributed by atoms with Gasteiger partial charge in [0, 0.05) is 6.54 Å². The Hall–Kier alpha value is -2.14. The number of carbonyl (C=O) groups excluding carboxylic acids is 1. The zero-order valence-electron chi connectivity index (χ0n) is 16.2. The molecule has 2 aromatic carbocycles. The summed E-state index contributed by atoms with van der Waals surface area (Å²) in [6, 6.07) is 15.9. The zero-order valence-corrected chi connectivity index (χ0v) is 17.1. The van der Waals surface area contributed by atoms with Gasteiger partial charge in [0.1, 0.15) is 17.5 Å². The number of rotatable bonds is 7. The molecule has 3 rings (SSSR count). The van der Waals surface area contributed by atoms with Crippen molar-refractivity contribution in [2.45, 2.75) is 32.2 Å². The van der Waals surface area contributed by atoms with Crippen LogP contribution in [0.3, 0.4) is 0 Å². The molecule has 1 aliphatic rings. The second-order valence-electron chi connectivity index (χ2n) is 6.61. The molecule has 150 valence electrons. The van der Waals surface area contributed by atoms with Gasteiger partial charge in [0.2, 0.25) is 0 Å². The van der Waals surface area contributed by atoms with Gasteiger partial charge in [-0.3, -0.25) is 9.36 Å². The van der Waals surface area contributed by atoms with E-state index in [1.807, 2.05) is 37.3 Å². The molecule has 1 unspecified atom stereocenters. The fourth-order valence-electron chi connectivity index (χ4n) is 3.31. The predicted molar refractivity (Wildman–Crippen MR) is 108 cm³/mol. The van der Waals surface area contributed by atoms with Crippen LogP contribution in [0.1, 0.15) is 26.2 Å². The third kappa shape index (κ3) is 4.46. The lowest BCUT2D eigenvalue weighted by Gasteiger charge is -2.39. The predicted octanol–water partition coefficient (Wildman–Crippen LogP) is 4.36. The summed E-state index contributed by atoms with van der Waals surface area (Å²) in [6.45, 7) is 2.91. The number of para-hydroxylation sites is 1. The molecule has 1 fully saturated rings. The molecular formula is C21H26NO5P. The van der Waals surface area contributed by atoms with Gasteiger partial charge in [-0.25, -0.2) is 4.67 Å². The van der Waals surface area contributed by atoms with Gasteiger partial charge in [-0.1, -0.05) is 31.5 Å². The Bertz CT molecular complexity index is 824. The highest BCUT2D eigenvalue weighted by atomic mass is 31.2. The first-order valence-electron chi connectivity index (χ1n) is 9.51. The van der Waals surface area contributed by atoms with E-state index in [0.29, 0.717) is 30.6 Å². The zero-order chi connectivity index (χ0) is 20.0. The summed E-state index contributed by atoms with van der Waals surface area (Å²) in [6.07, 6.45) is 2.06. The largest absolute Gasteiger partial charge is 0.468 e. The molecule has 0 N–H and O–H groups in total. The Kier molecular flexibility index (Phi) is 6.89. The monoisotopic (exact) mass is 403 g/mol. The van der Waals surface area contributed by atoms with Gasteiger partial charge in [-0.2, -0.15) is 0 Å². The van der Waals surface area contributed by atoms with E-state index in [2.05, 4.69) is 0 Å². The van der Waals surface area contributed by atoms with E-state index in [1.54, 1.807) is 28.9 Å². The highest BCUT2D eigenvalue weighted by molar-refractivity contribution is 7.64. The van der Waals surface area contributed by atoms with Crippen molar-refractivity contribution in [3.63, 3.8) is 0 Å². The standard InChI is InChI=1S/C21H26NO5P/c1-3-8-20(21(23)25-2)22-15-7-16-26-28(22,24)19-13-11-18(12-14-19)27-17-9-5-4-6-10-17/h4-6,9-14,20H,3,7-8,15-16H2,1-2H3/t20-,28?/m1/s1.